The first-order valence-electron chi connectivity index (χ1n) is 5.65. The van der Waals surface area contributed by atoms with Gasteiger partial charge in [0.05, 0.1) is 0 Å². The van der Waals surface area contributed by atoms with Crippen LogP contribution in [0, 0.1) is 0 Å². The molecule has 2 atom stereocenters. The summed E-state index contributed by atoms with van der Waals surface area (Å²) in [5.41, 5.74) is 1.29. The first-order valence-corrected chi connectivity index (χ1v) is 6.02. The third-order valence-electron chi connectivity index (χ3n) is 2.63. The third-order valence-corrected chi connectivity index (χ3v) is 2.88. The maximum atomic E-state index is 5.85. The molecule has 0 heterocycles. The molecule has 15 heavy (non-hydrogen) atoms. The molecule has 0 aliphatic rings. The van der Waals surface area contributed by atoms with Gasteiger partial charge in [-0.2, -0.15) is 0 Å². The maximum Gasteiger partial charge on any atom is 0.0406 e. The fourth-order valence-corrected chi connectivity index (χ4v) is 1.92. The van der Waals surface area contributed by atoms with Crippen LogP contribution >= 0.6 is 11.6 Å². The van der Waals surface area contributed by atoms with Gasteiger partial charge in [0.25, 0.3) is 0 Å². The van der Waals surface area contributed by atoms with E-state index in [9.17, 15) is 0 Å². The van der Waals surface area contributed by atoms with E-state index in [2.05, 4.69) is 38.2 Å². The molecular formula is C13H20ClN. The molecule has 0 aliphatic heterocycles. The quantitative estimate of drug-likeness (QED) is 0.793. The Morgan fingerprint density at radius 2 is 1.80 bits per heavy atom. The monoisotopic (exact) mass is 225 g/mol. The molecule has 1 aromatic rings. The lowest BCUT2D eigenvalue weighted by atomic mass is 10.1. The summed E-state index contributed by atoms with van der Waals surface area (Å²) in [6.07, 6.45) is 2.44. The van der Waals surface area contributed by atoms with E-state index >= 15 is 0 Å². The second-order valence-corrected chi connectivity index (χ2v) is 4.57. The van der Waals surface area contributed by atoms with E-state index in [1.165, 1.54) is 18.4 Å². The maximum absolute atomic E-state index is 5.85. The van der Waals surface area contributed by atoms with Gasteiger partial charge in [0.15, 0.2) is 0 Å². The van der Waals surface area contributed by atoms with Crippen molar-refractivity contribution >= 4 is 11.6 Å². The Balaban J connectivity index is 2.53. The standard InChI is InChI=1S/C13H20ClN/c1-4-5-10(2)15-11(3)12-6-8-13(14)9-7-12/h6-11,15H,4-5H2,1-3H3/t10?,11-/m1/s1. The van der Waals surface area contributed by atoms with Crippen LogP contribution in [0.3, 0.4) is 0 Å². The first kappa shape index (κ1) is 12.5. The fraction of sp³-hybridized carbons (Fsp3) is 0.538. The van der Waals surface area contributed by atoms with E-state index in [0.29, 0.717) is 12.1 Å². The second kappa shape index (κ2) is 6.14. The Kier molecular flexibility index (Phi) is 5.13. The van der Waals surface area contributed by atoms with Crippen LogP contribution in [-0.4, -0.2) is 6.04 Å². The van der Waals surface area contributed by atoms with Crippen molar-refractivity contribution in [1.29, 1.82) is 0 Å². The molecule has 0 radical (unpaired) electrons. The van der Waals surface area contributed by atoms with Crippen LogP contribution in [0.2, 0.25) is 5.02 Å². The van der Waals surface area contributed by atoms with Crippen molar-refractivity contribution in [2.75, 3.05) is 0 Å². The molecule has 2 heteroatoms. The summed E-state index contributed by atoms with van der Waals surface area (Å²) in [5, 5.41) is 4.37. The van der Waals surface area contributed by atoms with Crippen molar-refractivity contribution < 1.29 is 0 Å². The Morgan fingerprint density at radius 3 is 2.33 bits per heavy atom. The molecule has 0 spiro atoms. The Morgan fingerprint density at radius 1 is 1.20 bits per heavy atom. The van der Waals surface area contributed by atoms with Gasteiger partial charge in [-0.3, -0.25) is 0 Å². The van der Waals surface area contributed by atoms with E-state index in [0.717, 1.165) is 5.02 Å². The minimum Gasteiger partial charge on any atom is -0.308 e. The highest BCUT2D eigenvalue weighted by atomic mass is 35.5. The van der Waals surface area contributed by atoms with Gasteiger partial charge in [-0.05, 0) is 38.0 Å². The van der Waals surface area contributed by atoms with E-state index in [-0.39, 0.29) is 0 Å². The highest BCUT2D eigenvalue weighted by molar-refractivity contribution is 6.30. The fourth-order valence-electron chi connectivity index (χ4n) is 1.79. The van der Waals surface area contributed by atoms with Crippen LogP contribution in [0.4, 0.5) is 0 Å². The molecule has 0 bridgehead atoms. The predicted octanol–water partition coefficient (Wildman–Crippen LogP) is 4.18. The second-order valence-electron chi connectivity index (χ2n) is 4.13. The molecule has 0 aromatic heterocycles. The summed E-state index contributed by atoms with van der Waals surface area (Å²) in [7, 11) is 0. The van der Waals surface area contributed by atoms with Crippen LogP contribution < -0.4 is 5.32 Å². The van der Waals surface area contributed by atoms with Gasteiger partial charge in [-0.1, -0.05) is 37.1 Å². The van der Waals surface area contributed by atoms with E-state index < -0.39 is 0 Å². The van der Waals surface area contributed by atoms with Gasteiger partial charge >= 0.3 is 0 Å². The van der Waals surface area contributed by atoms with Crippen LogP contribution in [0.1, 0.15) is 45.2 Å². The van der Waals surface area contributed by atoms with Crippen molar-refractivity contribution in [3.8, 4) is 0 Å². The lowest BCUT2D eigenvalue weighted by molar-refractivity contribution is 0.453. The molecule has 1 N–H and O–H groups in total. The highest BCUT2D eigenvalue weighted by Crippen LogP contribution is 2.16. The van der Waals surface area contributed by atoms with Crippen molar-refractivity contribution in [3.63, 3.8) is 0 Å². The number of rotatable bonds is 5. The third kappa shape index (κ3) is 4.23. The zero-order valence-electron chi connectivity index (χ0n) is 9.76. The Bertz CT molecular complexity index is 281. The number of halogens is 1. The zero-order valence-corrected chi connectivity index (χ0v) is 10.5. The largest absolute Gasteiger partial charge is 0.308 e. The highest BCUT2D eigenvalue weighted by Gasteiger charge is 2.08. The van der Waals surface area contributed by atoms with Crippen molar-refractivity contribution in [1.82, 2.24) is 5.32 Å². The molecule has 0 fully saturated rings. The summed E-state index contributed by atoms with van der Waals surface area (Å²) in [5.74, 6) is 0. The summed E-state index contributed by atoms with van der Waals surface area (Å²) in [4.78, 5) is 0. The topological polar surface area (TPSA) is 12.0 Å². The minimum absolute atomic E-state index is 0.392. The predicted molar refractivity (Wildman–Crippen MR) is 67.4 cm³/mol. The van der Waals surface area contributed by atoms with E-state index in [4.69, 9.17) is 11.6 Å². The molecule has 1 nitrogen and oxygen atoms in total. The summed E-state index contributed by atoms with van der Waals surface area (Å²) in [6.45, 7) is 6.64. The SMILES string of the molecule is CCCC(C)N[C@H](C)c1ccc(Cl)cc1. The summed E-state index contributed by atoms with van der Waals surface area (Å²) >= 11 is 5.85. The van der Waals surface area contributed by atoms with Gasteiger partial charge < -0.3 is 5.32 Å². The molecule has 0 amide bonds. The molecule has 1 aromatic carbocycles. The van der Waals surface area contributed by atoms with Crippen LogP contribution in [-0.2, 0) is 0 Å². The molecule has 84 valence electrons. The number of benzene rings is 1. The summed E-state index contributed by atoms with van der Waals surface area (Å²) in [6, 6.07) is 9.01. The molecule has 0 saturated carbocycles. The minimum atomic E-state index is 0.392. The van der Waals surface area contributed by atoms with Gasteiger partial charge in [-0.15, -0.1) is 0 Å². The molecular weight excluding hydrogens is 206 g/mol. The number of hydrogen-bond acceptors (Lipinski definition) is 1. The smallest absolute Gasteiger partial charge is 0.0406 e. The van der Waals surface area contributed by atoms with Crippen LogP contribution in [0.15, 0.2) is 24.3 Å². The molecule has 0 aliphatic carbocycles. The molecule has 1 unspecified atom stereocenters. The Hall–Kier alpha value is -0.530. The van der Waals surface area contributed by atoms with Crippen LogP contribution in [0.5, 0.6) is 0 Å². The average molecular weight is 226 g/mol. The lowest BCUT2D eigenvalue weighted by Crippen LogP contribution is -2.28. The van der Waals surface area contributed by atoms with Gasteiger partial charge in [0.1, 0.15) is 0 Å². The van der Waals surface area contributed by atoms with Crippen molar-refractivity contribution in [2.24, 2.45) is 0 Å². The van der Waals surface area contributed by atoms with Gasteiger partial charge in [0.2, 0.25) is 0 Å². The van der Waals surface area contributed by atoms with Crippen molar-refractivity contribution in [3.05, 3.63) is 34.9 Å². The average Bonchev–Trinajstić information content (AvgIpc) is 2.18. The van der Waals surface area contributed by atoms with E-state index in [1.54, 1.807) is 0 Å². The van der Waals surface area contributed by atoms with Gasteiger partial charge in [0, 0.05) is 17.1 Å². The van der Waals surface area contributed by atoms with Crippen molar-refractivity contribution in [2.45, 2.75) is 45.7 Å². The van der Waals surface area contributed by atoms with E-state index in [1.807, 2.05) is 12.1 Å². The normalized spacial score (nSPS) is 14.9. The first-order chi connectivity index (χ1) is 7.13. The Labute approximate surface area is 97.8 Å². The number of hydrogen-bond donors (Lipinski definition) is 1. The van der Waals surface area contributed by atoms with Crippen LogP contribution in [0.25, 0.3) is 0 Å². The lowest BCUT2D eigenvalue weighted by Gasteiger charge is -2.19. The van der Waals surface area contributed by atoms with Gasteiger partial charge in [-0.25, -0.2) is 0 Å². The molecule has 0 saturated heterocycles. The zero-order chi connectivity index (χ0) is 11.3. The molecule has 1 rings (SSSR count). The summed E-state index contributed by atoms with van der Waals surface area (Å²) < 4.78 is 0. The number of nitrogens with one attached hydrogen (secondary N) is 1.